The Morgan fingerprint density at radius 2 is 0.982 bits per heavy atom. The SMILES string of the molecule is C[C@H](NC(=O)CNC(=O)[C@@H]1CSSC[C@H](NC(=O)CN)C(=O)N[C@H]2CSSC[C@H](NC(=O)[C@H](CCCNC(=N)N)NC(=O)[C@@H]3CCCN3C(=O)[C@H](CC(=O)O)NC(=O)[C@H](CO)NC2=O)C(=O)N[C@@H](CCCNC(=N)N)C(=O)N[C@@H](Cc2ccc(O)cc2)C(=O)N[C@@H](CCCNC(=N)N)C(=O)N1)C(=O)N[C@@H](C)C(=O)NCC(=O)O. The molecule has 13 atom stereocenters. The van der Waals surface area contributed by atoms with Crippen molar-refractivity contribution < 1.29 is 102 Å². The molecule has 1 aromatic rings. The Hall–Kier alpha value is -10.9. The van der Waals surface area contributed by atoms with E-state index >= 15 is 14.4 Å². The van der Waals surface area contributed by atoms with E-state index in [0.29, 0.717) is 5.56 Å². The number of carbonyl (C=O) groups is 17. The summed E-state index contributed by atoms with van der Waals surface area (Å²) in [6.45, 7) is -1.60. The normalized spacial score (nSPS) is 23.5. The predicted molar refractivity (Wildman–Crippen MR) is 410 cm³/mol. The summed E-state index contributed by atoms with van der Waals surface area (Å²) in [4.78, 5) is 238. The lowest BCUT2D eigenvalue weighted by atomic mass is 10.0. The highest BCUT2D eigenvalue weighted by molar-refractivity contribution is 8.77. The fourth-order valence-corrected chi connectivity index (χ4v) is 15.5. The molecule has 3 aliphatic heterocycles. The quantitative estimate of drug-likeness (QED) is 0.0160. The zero-order valence-electron chi connectivity index (χ0n) is 61.5. The third-order valence-electron chi connectivity index (χ3n) is 16.7. The van der Waals surface area contributed by atoms with Crippen molar-refractivity contribution >= 4 is 162 Å². The number of nitrogens with one attached hydrogen (secondary N) is 20. The van der Waals surface area contributed by atoms with Gasteiger partial charge < -0.3 is 139 Å². The Kier molecular flexibility index (Phi) is 40.8. The third kappa shape index (κ3) is 34.3. The molecule has 50 heteroatoms. The Morgan fingerprint density at radius 3 is 1.51 bits per heavy atom. The van der Waals surface area contributed by atoms with Gasteiger partial charge in [-0.3, -0.25) is 97.7 Å². The molecule has 0 spiro atoms. The van der Waals surface area contributed by atoms with Crippen LogP contribution < -0.4 is 113 Å². The van der Waals surface area contributed by atoms with E-state index in [-0.39, 0.29) is 83.3 Å². The molecule has 32 N–H and O–H groups in total. The number of aliphatic carboxylic acids is 2. The lowest BCUT2D eigenvalue weighted by Gasteiger charge is -2.31. The van der Waals surface area contributed by atoms with Crippen LogP contribution in [0.4, 0.5) is 0 Å². The first-order chi connectivity index (χ1) is 53.5. The molecule has 0 saturated carbocycles. The number of benzene rings is 1. The first-order valence-electron chi connectivity index (χ1n) is 35.2. The van der Waals surface area contributed by atoms with Crippen molar-refractivity contribution in [1.82, 2.24) is 95.3 Å². The summed E-state index contributed by atoms with van der Waals surface area (Å²) >= 11 is 0. The van der Waals surface area contributed by atoms with Gasteiger partial charge >= 0.3 is 11.9 Å². The van der Waals surface area contributed by atoms with E-state index in [0.717, 1.165) is 48.1 Å². The first-order valence-corrected chi connectivity index (χ1v) is 40.2. The molecule has 0 radical (unpaired) electrons. The number of guanidine groups is 3. The van der Waals surface area contributed by atoms with Crippen LogP contribution in [-0.2, 0) is 87.9 Å². The van der Waals surface area contributed by atoms with Crippen molar-refractivity contribution in [1.29, 1.82) is 16.2 Å². The molecule has 46 nitrogen and oxygen atoms in total. The maximum atomic E-state index is 15.2. The van der Waals surface area contributed by atoms with Crippen molar-refractivity contribution in [3.05, 3.63) is 29.8 Å². The van der Waals surface area contributed by atoms with E-state index in [9.17, 15) is 82.4 Å². The molecule has 3 aliphatic rings. The maximum Gasteiger partial charge on any atom is 0.322 e. The molecule has 0 aliphatic carbocycles. The van der Waals surface area contributed by atoms with Crippen molar-refractivity contribution in [3.63, 3.8) is 0 Å². The number of aromatic hydroxyl groups is 1. The number of phenols is 1. The summed E-state index contributed by atoms with van der Waals surface area (Å²) in [6, 6.07) is -16.5. The zero-order chi connectivity index (χ0) is 84.0. The van der Waals surface area contributed by atoms with Crippen LogP contribution in [0.1, 0.15) is 77.2 Å². The Labute approximate surface area is 662 Å². The van der Waals surface area contributed by atoms with E-state index in [2.05, 4.69) is 90.4 Å². The number of nitrogens with zero attached hydrogens (tertiary/aromatic N) is 1. The summed E-state index contributed by atoms with van der Waals surface area (Å²) in [5.41, 5.74) is 22.6. The number of aliphatic hydroxyl groups excluding tert-OH is 1. The van der Waals surface area contributed by atoms with Crippen LogP contribution in [0.25, 0.3) is 0 Å². The molecular weight excluding hydrogens is 1570 g/mol. The van der Waals surface area contributed by atoms with Crippen LogP contribution in [0.5, 0.6) is 5.75 Å². The number of hydrogen-bond donors (Lipinski definition) is 28. The molecule has 0 unspecified atom stereocenters. The van der Waals surface area contributed by atoms with Gasteiger partial charge in [-0.05, 0) is 82.9 Å². The molecule has 0 aromatic heterocycles. The number of carbonyl (C=O) groups excluding carboxylic acids is 15. The Bertz CT molecular complexity index is 3610. The second kappa shape index (κ2) is 48.8. The van der Waals surface area contributed by atoms with Crippen molar-refractivity contribution in [2.75, 3.05) is 75.4 Å². The van der Waals surface area contributed by atoms with Gasteiger partial charge in [-0.25, -0.2) is 0 Å². The number of hydrogen-bond acceptors (Lipinski definition) is 27. The fraction of sp³-hybridized carbons (Fsp3) is 0.587. The number of fused-ring (bicyclic) bond motifs is 6. The van der Waals surface area contributed by atoms with Crippen LogP contribution in [0.15, 0.2) is 24.3 Å². The van der Waals surface area contributed by atoms with Crippen LogP contribution >= 0.6 is 43.2 Å². The average molecular weight is 1670 g/mol. The van der Waals surface area contributed by atoms with E-state index in [1.165, 1.54) is 38.1 Å². The highest BCUT2D eigenvalue weighted by atomic mass is 33.1. The van der Waals surface area contributed by atoms with Crippen molar-refractivity contribution in [2.24, 2.45) is 22.9 Å². The van der Waals surface area contributed by atoms with Gasteiger partial charge in [-0.15, -0.1) is 0 Å². The Balaban J connectivity index is 1.97. The van der Waals surface area contributed by atoms with Gasteiger partial charge in [0.05, 0.1) is 26.1 Å². The first kappa shape index (κ1) is 94.5. The molecule has 3 heterocycles. The smallest absolute Gasteiger partial charge is 0.322 e. The summed E-state index contributed by atoms with van der Waals surface area (Å²) in [7, 11) is 3.04. The van der Waals surface area contributed by atoms with Gasteiger partial charge in [0.25, 0.3) is 0 Å². The number of nitrogens with two attached hydrogens (primary N) is 4. The van der Waals surface area contributed by atoms with Crippen LogP contribution in [0.3, 0.4) is 0 Å². The van der Waals surface area contributed by atoms with Gasteiger partial charge in [0, 0.05) is 55.6 Å². The predicted octanol–water partition coefficient (Wildman–Crippen LogP) is -10.9. The van der Waals surface area contributed by atoms with E-state index in [1.807, 2.05) is 0 Å². The van der Waals surface area contributed by atoms with E-state index in [4.69, 9.17) is 44.3 Å². The number of phenolic OH excluding ortho intramolecular Hbond substituents is 1. The topological polar surface area (TPSA) is 754 Å². The average Bonchev–Trinajstić information content (AvgIpc) is 1.67. The fourth-order valence-electron chi connectivity index (χ4n) is 10.8. The van der Waals surface area contributed by atoms with Crippen LogP contribution in [0.2, 0.25) is 0 Å². The van der Waals surface area contributed by atoms with E-state index < -0.39 is 259 Å². The van der Waals surface area contributed by atoms with E-state index in [1.54, 1.807) is 0 Å². The minimum Gasteiger partial charge on any atom is -0.508 e. The second-order valence-electron chi connectivity index (χ2n) is 25.7. The number of carboxylic acids is 2. The molecule has 3 saturated heterocycles. The molecule has 15 amide bonds. The summed E-state index contributed by atoms with van der Waals surface area (Å²) in [5, 5.41) is 105. The minimum absolute atomic E-state index is 0.00905. The van der Waals surface area contributed by atoms with Gasteiger partial charge in [0.2, 0.25) is 88.6 Å². The van der Waals surface area contributed by atoms with Gasteiger partial charge in [-0.1, -0.05) is 55.3 Å². The Morgan fingerprint density at radius 1 is 0.522 bits per heavy atom. The molecule has 113 heavy (non-hydrogen) atoms. The van der Waals surface area contributed by atoms with Crippen LogP contribution in [0, 0.1) is 16.2 Å². The number of carboxylic acid groups (broad SMARTS) is 2. The van der Waals surface area contributed by atoms with Gasteiger partial charge in [-0.2, -0.15) is 0 Å². The molecular formula is C63H99N25O21S4. The monoisotopic (exact) mass is 1670 g/mol. The summed E-state index contributed by atoms with van der Waals surface area (Å²) < 4.78 is 0. The maximum absolute atomic E-state index is 15.2. The lowest BCUT2D eigenvalue weighted by molar-refractivity contribution is -0.146. The zero-order valence-corrected chi connectivity index (χ0v) is 64.8. The summed E-state index contributed by atoms with van der Waals surface area (Å²) in [6.07, 6.45) is -2.51. The number of amides is 15. The lowest BCUT2D eigenvalue weighted by Crippen LogP contribution is -2.61. The highest BCUT2D eigenvalue weighted by Crippen LogP contribution is 2.27. The standard InChI is InChI=1S/C63H99N25O21S4/c1-29(48(97)75-23-47(95)96)77-49(98)30(2)76-45(92)22-74-50(99)39-25-110-111-26-40(78-44(91)21-64)56(105)87-42-28-113-112-27-41(86-53(102)35(9-5-17-73-63(69)70)81-59(108)43-10-6-18-88(43)60(109)37(20-46(93)94)83-55(104)38(24-89)84-58(42)107)57(106)80-33(7-3-15-71-61(65)66)51(100)82-36(19-31-11-13-32(90)14-12-31)54(103)79-34(52(101)85-39)8-4-16-72-62(67)68/h11-14,29-30,33-43,89-90H,3-10,15-28,64H2,1-2H3,(H,74,99)(H,75,97)(H,76,92)(H,77,98)(H,78,91)(H,79,103)(H,80,106)(H,81,108)(H,82,100)(H,83,104)(H,84,107)(H,85,101)(H,86,102)(H,87,105)(H,93,94)(H,95,96)(H4,65,66,71)(H4,67,68,72)(H4,69,70,73)/t29-,30-,33-,34-,35-,36-,37-,38-,39-,40-,41-,42-,43-/m0/s1. The molecule has 2 bridgehead atoms. The largest absolute Gasteiger partial charge is 0.508 e. The molecule has 4 rings (SSSR count). The second-order valence-corrected chi connectivity index (χ2v) is 30.8. The highest BCUT2D eigenvalue weighted by Gasteiger charge is 2.42. The molecule has 626 valence electrons. The molecule has 1 aromatic carbocycles. The molecule has 3 fully saturated rings. The third-order valence-corrected chi connectivity index (χ3v) is 21.6. The van der Waals surface area contributed by atoms with Gasteiger partial charge in [0.1, 0.15) is 90.8 Å². The van der Waals surface area contributed by atoms with Gasteiger partial charge in [0.15, 0.2) is 17.9 Å². The summed E-state index contributed by atoms with van der Waals surface area (Å²) in [5.74, 6) is -22.8. The minimum atomic E-state index is -2.02. The van der Waals surface area contributed by atoms with Crippen molar-refractivity contribution in [3.8, 4) is 5.75 Å². The number of rotatable bonds is 28. The van der Waals surface area contributed by atoms with Crippen molar-refractivity contribution in [2.45, 2.75) is 157 Å². The van der Waals surface area contributed by atoms with Crippen LogP contribution in [-0.4, -0.2) is 298 Å². The number of aliphatic hydroxyl groups is 1.